The van der Waals surface area contributed by atoms with Crippen molar-refractivity contribution in [1.29, 1.82) is 0 Å². The van der Waals surface area contributed by atoms with Crippen LogP contribution in [0.15, 0.2) is 30.3 Å². The maximum absolute atomic E-state index is 11.5. The smallest absolute Gasteiger partial charge is 0.220 e. The van der Waals surface area contributed by atoms with Crippen LogP contribution in [0.1, 0.15) is 26.2 Å². The molecule has 0 aliphatic heterocycles. The molecule has 1 aromatic carbocycles. The fraction of sp³-hybridized carbons (Fsp3) is 0.500. The first kappa shape index (κ1) is 14.5. The van der Waals surface area contributed by atoms with Crippen LogP contribution in [0.4, 0.5) is 0 Å². The molecule has 4 heteroatoms. The Bertz CT molecular complexity index is 340. The molecule has 1 atom stereocenters. The zero-order chi connectivity index (χ0) is 13.2. The summed E-state index contributed by atoms with van der Waals surface area (Å²) in [5.74, 6) is 0.833. The van der Waals surface area contributed by atoms with Crippen LogP contribution in [0.5, 0.6) is 5.75 Å². The summed E-state index contributed by atoms with van der Waals surface area (Å²) in [6, 6.07) is 9.57. The Labute approximate surface area is 108 Å². The lowest BCUT2D eigenvalue weighted by atomic mass is 10.2. The van der Waals surface area contributed by atoms with Gasteiger partial charge < -0.3 is 15.2 Å². The average molecular weight is 251 g/mol. The van der Waals surface area contributed by atoms with Gasteiger partial charge in [0.05, 0.1) is 6.61 Å². The summed E-state index contributed by atoms with van der Waals surface area (Å²) in [5.41, 5.74) is 0. The predicted octanol–water partition coefficient (Wildman–Crippen LogP) is 1.73. The summed E-state index contributed by atoms with van der Waals surface area (Å²) in [6.45, 7) is 2.51. The van der Waals surface area contributed by atoms with Crippen molar-refractivity contribution < 1.29 is 14.6 Å². The molecule has 1 amide bonds. The normalized spacial score (nSPS) is 11.9. The van der Waals surface area contributed by atoms with Crippen LogP contribution in [-0.2, 0) is 4.79 Å². The summed E-state index contributed by atoms with van der Waals surface area (Å²) < 4.78 is 5.49. The number of aliphatic hydroxyl groups excluding tert-OH is 1. The minimum atomic E-state index is 0.00705. The van der Waals surface area contributed by atoms with Crippen molar-refractivity contribution in [1.82, 2.24) is 5.32 Å². The minimum Gasteiger partial charge on any atom is -0.494 e. The van der Waals surface area contributed by atoms with Crippen LogP contribution in [0.2, 0.25) is 0 Å². The summed E-state index contributed by atoms with van der Waals surface area (Å²) in [7, 11) is 0. The Morgan fingerprint density at radius 1 is 1.39 bits per heavy atom. The van der Waals surface area contributed by atoms with Crippen molar-refractivity contribution >= 4 is 5.91 Å². The SMILES string of the molecule is CC(CCO)NC(=O)CCCOc1ccccc1. The van der Waals surface area contributed by atoms with Crippen LogP contribution >= 0.6 is 0 Å². The Morgan fingerprint density at radius 2 is 2.11 bits per heavy atom. The van der Waals surface area contributed by atoms with E-state index in [9.17, 15) is 4.79 Å². The Kier molecular flexibility index (Phi) is 6.87. The molecule has 100 valence electrons. The van der Waals surface area contributed by atoms with E-state index in [0.717, 1.165) is 5.75 Å². The lowest BCUT2D eigenvalue weighted by molar-refractivity contribution is -0.122. The molecule has 0 aliphatic rings. The quantitative estimate of drug-likeness (QED) is 0.692. The predicted molar refractivity (Wildman–Crippen MR) is 70.5 cm³/mol. The van der Waals surface area contributed by atoms with Gasteiger partial charge in [-0.2, -0.15) is 0 Å². The maximum atomic E-state index is 11.5. The average Bonchev–Trinajstić information content (AvgIpc) is 2.36. The topological polar surface area (TPSA) is 58.6 Å². The number of hydrogen-bond acceptors (Lipinski definition) is 3. The number of nitrogens with one attached hydrogen (secondary N) is 1. The number of carbonyl (C=O) groups excluding carboxylic acids is 1. The lowest BCUT2D eigenvalue weighted by Gasteiger charge is -2.12. The van der Waals surface area contributed by atoms with Crippen molar-refractivity contribution in [3.05, 3.63) is 30.3 Å². The van der Waals surface area contributed by atoms with E-state index in [-0.39, 0.29) is 18.6 Å². The van der Waals surface area contributed by atoms with Crippen molar-refractivity contribution in [2.75, 3.05) is 13.2 Å². The maximum Gasteiger partial charge on any atom is 0.220 e. The first-order valence-electron chi connectivity index (χ1n) is 6.30. The first-order chi connectivity index (χ1) is 8.72. The summed E-state index contributed by atoms with van der Waals surface area (Å²) in [4.78, 5) is 11.5. The van der Waals surface area contributed by atoms with Gasteiger partial charge in [-0.3, -0.25) is 4.79 Å². The lowest BCUT2D eigenvalue weighted by Crippen LogP contribution is -2.33. The van der Waals surface area contributed by atoms with Gasteiger partial charge in [0.2, 0.25) is 5.91 Å². The van der Waals surface area contributed by atoms with Crippen LogP contribution < -0.4 is 10.1 Å². The van der Waals surface area contributed by atoms with Crippen LogP contribution in [0.3, 0.4) is 0 Å². The highest BCUT2D eigenvalue weighted by Gasteiger charge is 2.06. The van der Waals surface area contributed by atoms with Gasteiger partial charge in [0.1, 0.15) is 5.75 Å². The van der Waals surface area contributed by atoms with E-state index in [1.165, 1.54) is 0 Å². The van der Waals surface area contributed by atoms with E-state index < -0.39 is 0 Å². The molecule has 1 rings (SSSR count). The second-order valence-corrected chi connectivity index (χ2v) is 4.25. The van der Waals surface area contributed by atoms with Gasteiger partial charge in [-0.05, 0) is 31.9 Å². The molecule has 1 aromatic rings. The molecule has 0 spiro atoms. The number of para-hydroxylation sites is 1. The van der Waals surface area contributed by atoms with Crippen molar-refractivity contribution in [3.63, 3.8) is 0 Å². The molecule has 0 bridgehead atoms. The van der Waals surface area contributed by atoms with Gasteiger partial charge in [0, 0.05) is 19.1 Å². The van der Waals surface area contributed by atoms with Crippen LogP contribution in [0.25, 0.3) is 0 Å². The third kappa shape index (κ3) is 6.25. The molecule has 1 unspecified atom stereocenters. The fourth-order valence-electron chi connectivity index (χ4n) is 1.55. The standard InChI is InChI=1S/C14H21NO3/c1-12(9-10-16)15-14(17)8-5-11-18-13-6-3-2-4-7-13/h2-4,6-7,12,16H,5,8-11H2,1H3,(H,15,17). The summed E-state index contributed by atoms with van der Waals surface area (Å²) in [6.07, 6.45) is 1.72. The van der Waals surface area contributed by atoms with Gasteiger partial charge in [0.25, 0.3) is 0 Å². The number of hydrogen-bond donors (Lipinski definition) is 2. The third-order valence-corrected chi connectivity index (χ3v) is 2.53. The van der Waals surface area contributed by atoms with E-state index in [1.54, 1.807) is 0 Å². The summed E-state index contributed by atoms with van der Waals surface area (Å²) in [5, 5.41) is 11.5. The number of benzene rings is 1. The van der Waals surface area contributed by atoms with E-state index in [2.05, 4.69) is 5.32 Å². The Balaban J connectivity index is 2.09. The van der Waals surface area contributed by atoms with E-state index >= 15 is 0 Å². The monoisotopic (exact) mass is 251 g/mol. The molecule has 0 saturated carbocycles. The fourth-order valence-corrected chi connectivity index (χ4v) is 1.55. The van der Waals surface area contributed by atoms with Crippen molar-refractivity contribution in [2.45, 2.75) is 32.2 Å². The minimum absolute atomic E-state index is 0.00705. The number of ether oxygens (including phenoxy) is 1. The molecule has 0 aromatic heterocycles. The zero-order valence-electron chi connectivity index (χ0n) is 10.8. The van der Waals surface area contributed by atoms with Gasteiger partial charge in [0.15, 0.2) is 0 Å². The second-order valence-electron chi connectivity index (χ2n) is 4.25. The Hall–Kier alpha value is -1.55. The number of amides is 1. The highest BCUT2D eigenvalue weighted by atomic mass is 16.5. The third-order valence-electron chi connectivity index (χ3n) is 2.53. The molecular formula is C14H21NO3. The first-order valence-corrected chi connectivity index (χ1v) is 6.30. The van der Waals surface area contributed by atoms with E-state index in [0.29, 0.717) is 25.9 Å². The molecule has 0 aliphatic carbocycles. The number of carbonyl (C=O) groups is 1. The largest absolute Gasteiger partial charge is 0.494 e. The van der Waals surface area contributed by atoms with Gasteiger partial charge in [-0.1, -0.05) is 18.2 Å². The van der Waals surface area contributed by atoms with Gasteiger partial charge in [-0.25, -0.2) is 0 Å². The number of rotatable bonds is 8. The Morgan fingerprint density at radius 3 is 2.78 bits per heavy atom. The van der Waals surface area contributed by atoms with Crippen LogP contribution in [0, 0.1) is 0 Å². The zero-order valence-corrected chi connectivity index (χ0v) is 10.8. The molecular weight excluding hydrogens is 230 g/mol. The number of aliphatic hydroxyl groups is 1. The molecule has 18 heavy (non-hydrogen) atoms. The van der Waals surface area contributed by atoms with E-state index in [1.807, 2.05) is 37.3 Å². The molecule has 4 nitrogen and oxygen atoms in total. The molecule has 0 saturated heterocycles. The molecule has 0 heterocycles. The highest BCUT2D eigenvalue weighted by Crippen LogP contribution is 2.08. The van der Waals surface area contributed by atoms with Gasteiger partial charge >= 0.3 is 0 Å². The van der Waals surface area contributed by atoms with Gasteiger partial charge in [-0.15, -0.1) is 0 Å². The molecule has 0 radical (unpaired) electrons. The second kappa shape index (κ2) is 8.53. The van der Waals surface area contributed by atoms with Crippen LogP contribution in [-0.4, -0.2) is 30.3 Å². The highest BCUT2D eigenvalue weighted by molar-refractivity contribution is 5.76. The van der Waals surface area contributed by atoms with E-state index in [4.69, 9.17) is 9.84 Å². The molecule has 0 fully saturated rings. The molecule has 2 N–H and O–H groups in total. The van der Waals surface area contributed by atoms with Crippen molar-refractivity contribution in [2.24, 2.45) is 0 Å². The van der Waals surface area contributed by atoms with Crippen molar-refractivity contribution in [3.8, 4) is 5.75 Å². The summed E-state index contributed by atoms with van der Waals surface area (Å²) >= 11 is 0.